The van der Waals surface area contributed by atoms with Gasteiger partial charge in [0.1, 0.15) is 0 Å². The van der Waals surface area contributed by atoms with Crippen molar-refractivity contribution >= 4 is 11.6 Å². The molecule has 0 saturated heterocycles. The number of carbonyl (C=O) groups is 1. The van der Waals surface area contributed by atoms with Gasteiger partial charge in [-0.05, 0) is 25.0 Å². The number of nitrogens with one attached hydrogen (secondary N) is 1. The minimum Gasteiger partial charge on any atom is -0.326 e. The van der Waals surface area contributed by atoms with Gasteiger partial charge in [0.25, 0.3) is 0 Å². The molecule has 1 fully saturated rings. The van der Waals surface area contributed by atoms with Crippen molar-refractivity contribution in [3.05, 3.63) is 24.5 Å². The first-order valence-corrected chi connectivity index (χ1v) is 5.57. The van der Waals surface area contributed by atoms with Gasteiger partial charge in [-0.15, -0.1) is 0 Å². The van der Waals surface area contributed by atoms with Gasteiger partial charge in [0.2, 0.25) is 5.91 Å². The van der Waals surface area contributed by atoms with E-state index in [1.807, 2.05) is 12.1 Å². The molecule has 0 bridgehead atoms. The third-order valence-corrected chi connectivity index (χ3v) is 2.92. The van der Waals surface area contributed by atoms with Crippen LogP contribution in [0.1, 0.15) is 32.1 Å². The molecule has 1 saturated carbocycles. The van der Waals surface area contributed by atoms with Crippen LogP contribution >= 0.6 is 0 Å². The summed E-state index contributed by atoms with van der Waals surface area (Å²) in [4.78, 5) is 15.7. The fourth-order valence-electron chi connectivity index (χ4n) is 2.04. The van der Waals surface area contributed by atoms with Crippen molar-refractivity contribution in [1.82, 2.24) is 4.98 Å². The lowest BCUT2D eigenvalue weighted by molar-refractivity contribution is -0.120. The predicted octanol–water partition coefficient (Wildman–Crippen LogP) is 2.60. The lowest BCUT2D eigenvalue weighted by Gasteiger charge is -2.20. The summed E-state index contributed by atoms with van der Waals surface area (Å²) in [5, 5.41) is 2.93. The largest absolute Gasteiger partial charge is 0.326 e. The third kappa shape index (κ3) is 2.78. The van der Waals surface area contributed by atoms with Crippen LogP contribution in [0.25, 0.3) is 0 Å². The topological polar surface area (TPSA) is 42.0 Å². The molecule has 1 amide bonds. The average Bonchev–Trinajstić information content (AvgIpc) is 2.31. The molecule has 1 heterocycles. The molecule has 80 valence electrons. The van der Waals surface area contributed by atoms with E-state index in [1.165, 1.54) is 19.3 Å². The van der Waals surface area contributed by atoms with Gasteiger partial charge in [-0.2, -0.15) is 0 Å². The molecule has 0 spiro atoms. The lowest BCUT2D eigenvalue weighted by atomic mass is 9.88. The number of anilines is 1. The second kappa shape index (κ2) is 4.91. The minimum atomic E-state index is 0.168. The van der Waals surface area contributed by atoms with Crippen LogP contribution in [0.2, 0.25) is 0 Å². The zero-order valence-electron chi connectivity index (χ0n) is 8.78. The Morgan fingerprint density at radius 2 is 1.87 bits per heavy atom. The van der Waals surface area contributed by atoms with E-state index in [9.17, 15) is 4.79 Å². The van der Waals surface area contributed by atoms with Crippen molar-refractivity contribution in [1.29, 1.82) is 0 Å². The van der Waals surface area contributed by atoms with Gasteiger partial charge in [-0.1, -0.05) is 19.3 Å². The van der Waals surface area contributed by atoms with E-state index < -0.39 is 0 Å². The number of pyridine rings is 1. The van der Waals surface area contributed by atoms with Crippen LogP contribution in [-0.4, -0.2) is 10.9 Å². The highest BCUT2D eigenvalue weighted by Crippen LogP contribution is 2.24. The lowest BCUT2D eigenvalue weighted by Crippen LogP contribution is -2.24. The molecule has 3 nitrogen and oxygen atoms in total. The number of aromatic nitrogens is 1. The molecular weight excluding hydrogens is 188 g/mol. The zero-order chi connectivity index (χ0) is 10.5. The van der Waals surface area contributed by atoms with E-state index in [4.69, 9.17) is 0 Å². The third-order valence-electron chi connectivity index (χ3n) is 2.92. The first-order valence-electron chi connectivity index (χ1n) is 5.57. The SMILES string of the molecule is O=C(Nc1ccncc1)C1CCCCC1. The fourth-order valence-corrected chi connectivity index (χ4v) is 2.04. The van der Waals surface area contributed by atoms with Crippen molar-refractivity contribution in [2.45, 2.75) is 32.1 Å². The first kappa shape index (κ1) is 10.1. The van der Waals surface area contributed by atoms with Crippen LogP contribution in [0, 0.1) is 5.92 Å². The zero-order valence-corrected chi connectivity index (χ0v) is 8.78. The summed E-state index contributed by atoms with van der Waals surface area (Å²) in [5.41, 5.74) is 0.848. The molecule has 1 aromatic rings. The number of amides is 1. The fraction of sp³-hybridized carbons (Fsp3) is 0.500. The van der Waals surface area contributed by atoms with Crippen LogP contribution < -0.4 is 5.32 Å². The number of hydrogen-bond acceptors (Lipinski definition) is 2. The molecule has 2 rings (SSSR count). The second-order valence-corrected chi connectivity index (χ2v) is 4.06. The normalized spacial score (nSPS) is 17.3. The molecule has 1 N–H and O–H groups in total. The Balaban J connectivity index is 1.91. The molecule has 0 aliphatic heterocycles. The summed E-state index contributed by atoms with van der Waals surface area (Å²) in [6, 6.07) is 3.64. The van der Waals surface area contributed by atoms with E-state index in [0.29, 0.717) is 0 Å². The van der Waals surface area contributed by atoms with E-state index in [0.717, 1.165) is 18.5 Å². The monoisotopic (exact) mass is 204 g/mol. The maximum atomic E-state index is 11.8. The maximum absolute atomic E-state index is 11.8. The van der Waals surface area contributed by atoms with Crippen molar-refractivity contribution in [2.24, 2.45) is 5.92 Å². The summed E-state index contributed by atoms with van der Waals surface area (Å²) in [5.74, 6) is 0.382. The summed E-state index contributed by atoms with van der Waals surface area (Å²) in [6.07, 6.45) is 9.11. The van der Waals surface area contributed by atoms with E-state index >= 15 is 0 Å². The Bertz CT molecular complexity index is 318. The predicted molar refractivity (Wildman–Crippen MR) is 59.4 cm³/mol. The Kier molecular flexibility index (Phi) is 3.33. The minimum absolute atomic E-state index is 0.168. The number of rotatable bonds is 2. The number of nitrogens with zero attached hydrogens (tertiary/aromatic N) is 1. The van der Waals surface area contributed by atoms with Gasteiger partial charge in [0.05, 0.1) is 0 Å². The van der Waals surface area contributed by atoms with E-state index in [-0.39, 0.29) is 11.8 Å². The summed E-state index contributed by atoms with van der Waals surface area (Å²) in [6.45, 7) is 0. The van der Waals surface area contributed by atoms with Gasteiger partial charge in [0, 0.05) is 24.0 Å². The van der Waals surface area contributed by atoms with Crippen molar-refractivity contribution in [2.75, 3.05) is 5.32 Å². The summed E-state index contributed by atoms with van der Waals surface area (Å²) >= 11 is 0. The standard InChI is InChI=1S/C12H16N2O/c15-12(10-4-2-1-3-5-10)14-11-6-8-13-9-7-11/h6-10H,1-5H2,(H,13,14,15). The highest BCUT2D eigenvalue weighted by molar-refractivity contribution is 5.92. The Morgan fingerprint density at radius 3 is 2.53 bits per heavy atom. The molecule has 1 aliphatic carbocycles. The Hall–Kier alpha value is -1.38. The van der Waals surface area contributed by atoms with Crippen molar-refractivity contribution < 1.29 is 4.79 Å². The molecule has 0 unspecified atom stereocenters. The summed E-state index contributed by atoms with van der Waals surface area (Å²) in [7, 11) is 0. The Morgan fingerprint density at radius 1 is 1.20 bits per heavy atom. The van der Waals surface area contributed by atoms with Crippen LogP contribution in [0.4, 0.5) is 5.69 Å². The molecule has 0 radical (unpaired) electrons. The van der Waals surface area contributed by atoms with E-state index in [1.54, 1.807) is 12.4 Å². The quantitative estimate of drug-likeness (QED) is 0.804. The molecule has 15 heavy (non-hydrogen) atoms. The van der Waals surface area contributed by atoms with Crippen LogP contribution in [0.15, 0.2) is 24.5 Å². The molecule has 0 atom stereocenters. The maximum Gasteiger partial charge on any atom is 0.227 e. The van der Waals surface area contributed by atoms with E-state index in [2.05, 4.69) is 10.3 Å². The molecule has 1 aliphatic rings. The molecule has 1 aromatic heterocycles. The van der Waals surface area contributed by atoms with Crippen molar-refractivity contribution in [3.63, 3.8) is 0 Å². The first-order chi connectivity index (χ1) is 7.36. The Labute approximate surface area is 89.9 Å². The average molecular weight is 204 g/mol. The van der Waals surface area contributed by atoms with Crippen LogP contribution in [-0.2, 0) is 4.79 Å². The number of carbonyl (C=O) groups excluding carboxylic acids is 1. The van der Waals surface area contributed by atoms with Crippen molar-refractivity contribution in [3.8, 4) is 0 Å². The molecule has 3 heteroatoms. The van der Waals surface area contributed by atoms with Crippen LogP contribution in [0.5, 0.6) is 0 Å². The van der Waals surface area contributed by atoms with Gasteiger partial charge < -0.3 is 5.32 Å². The highest BCUT2D eigenvalue weighted by Gasteiger charge is 2.20. The van der Waals surface area contributed by atoms with Crippen LogP contribution in [0.3, 0.4) is 0 Å². The van der Waals surface area contributed by atoms with Gasteiger partial charge >= 0.3 is 0 Å². The van der Waals surface area contributed by atoms with Gasteiger partial charge in [-0.3, -0.25) is 9.78 Å². The second-order valence-electron chi connectivity index (χ2n) is 4.06. The van der Waals surface area contributed by atoms with Gasteiger partial charge in [-0.25, -0.2) is 0 Å². The molecule has 0 aromatic carbocycles. The smallest absolute Gasteiger partial charge is 0.227 e. The summed E-state index contributed by atoms with van der Waals surface area (Å²) < 4.78 is 0. The molecular formula is C12H16N2O. The highest BCUT2D eigenvalue weighted by atomic mass is 16.1. The van der Waals surface area contributed by atoms with Gasteiger partial charge in [0.15, 0.2) is 0 Å². The number of hydrogen-bond donors (Lipinski definition) is 1.